The summed E-state index contributed by atoms with van der Waals surface area (Å²) in [5, 5.41) is 3.20. The van der Waals surface area contributed by atoms with E-state index in [1.165, 1.54) is 41.0 Å². The summed E-state index contributed by atoms with van der Waals surface area (Å²) in [7, 11) is -0.606. The summed E-state index contributed by atoms with van der Waals surface area (Å²) in [6.07, 6.45) is 1.14. The van der Waals surface area contributed by atoms with Gasteiger partial charge in [0.1, 0.15) is 17.2 Å². The van der Waals surface area contributed by atoms with E-state index in [4.69, 9.17) is 4.42 Å². The Morgan fingerprint density at radius 2 is 1.76 bits per heavy atom. The number of furan rings is 1. The largest absolute Gasteiger partial charge is 0.455 e. The van der Waals surface area contributed by atoms with Gasteiger partial charge in [-0.2, -0.15) is 0 Å². The van der Waals surface area contributed by atoms with E-state index >= 15 is 0 Å². The molecule has 0 saturated heterocycles. The lowest BCUT2D eigenvalue weighted by Gasteiger charge is -2.21. The van der Waals surface area contributed by atoms with E-state index in [1.807, 2.05) is 42.1 Å². The first-order valence-electron chi connectivity index (χ1n) is 13.0. The van der Waals surface area contributed by atoms with Gasteiger partial charge >= 0.3 is 0 Å². The van der Waals surface area contributed by atoms with Crippen LogP contribution >= 0.6 is 11.8 Å². The summed E-state index contributed by atoms with van der Waals surface area (Å²) >= 11 is 1.83. The van der Waals surface area contributed by atoms with E-state index in [0.29, 0.717) is 33.3 Å². The number of carbonyl (C=O) groups is 1. The predicted octanol–water partition coefficient (Wildman–Crippen LogP) is 6.90. The Kier molecular flexibility index (Phi) is 6.87. The monoisotopic (exact) mass is 586 g/mol. The third-order valence-electron chi connectivity index (χ3n) is 7.50. The van der Waals surface area contributed by atoms with Gasteiger partial charge in [0.2, 0.25) is 10.0 Å². The number of halogens is 1. The van der Waals surface area contributed by atoms with Gasteiger partial charge in [0, 0.05) is 53.2 Å². The predicted molar refractivity (Wildman–Crippen MR) is 163 cm³/mol. The Morgan fingerprint density at radius 3 is 2.49 bits per heavy atom. The van der Waals surface area contributed by atoms with Crippen LogP contribution in [0.3, 0.4) is 0 Å². The van der Waals surface area contributed by atoms with Crippen molar-refractivity contribution in [2.45, 2.75) is 10.8 Å². The second kappa shape index (κ2) is 10.4. The van der Waals surface area contributed by atoms with Crippen LogP contribution in [-0.2, 0) is 10.0 Å². The van der Waals surface area contributed by atoms with Gasteiger partial charge < -0.3 is 9.73 Å². The van der Waals surface area contributed by atoms with Crippen LogP contribution in [0, 0.1) is 5.82 Å². The fraction of sp³-hybridized carbons (Fsp3) is 0.156. The molecule has 0 saturated carbocycles. The number of benzene rings is 4. The molecule has 5 aromatic rings. The zero-order valence-electron chi connectivity index (χ0n) is 22.6. The quantitative estimate of drug-likeness (QED) is 0.234. The molecule has 9 heteroatoms. The summed E-state index contributed by atoms with van der Waals surface area (Å²) in [6, 6.07) is 25.6. The van der Waals surface area contributed by atoms with Gasteiger partial charge in [0.15, 0.2) is 0 Å². The SMILES string of the molecule is CNC(=O)c1c(-c2ccc(F)cc2)oc2cc(N(C)S(C)(=O)=O)c(-c3cccc(C4CSc5ccccc54)c3)cc12. The normalized spacial score (nSPS) is 14.7. The van der Waals surface area contributed by atoms with Crippen LogP contribution in [0.4, 0.5) is 10.1 Å². The first-order chi connectivity index (χ1) is 19.7. The van der Waals surface area contributed by atoms with Crippen LogP contribution in [0.5, 0.6) is 0 Å². The second-order valence-electron chi connectivity index (χ2n) is 10.0. The third-order valence-corrected chi connectivity index (χ3v) is 9.88. The summed E-state index contributed by atoms with van der Waals surface area (Å²) < 4.78 is 46.6. The molecule has 6 nitrogen and oxygen atoms in total. The molecule has 2 heterocycles. The van der Waals surface area contributed by atoms with Crippen LogP contribution in [0.2, 0.25) is 0 Å². The maximum Gasteiger partial charge on any atom is 0.255 e. The highest BCUT2D eigenvalue weighted by Crippen LogP contribution is 2.45. The van der Waals surface area contributed by atoms with Crippen molar-refractivity contribution in [1.82, 2.24) is 5.32 Å². The molecule has 0 fully saturated rings. The van der Waals surface area contributed by atoms with E-state index in [9.17, 15) is 17.6 Å². The highest BCUT2D eigenvalue weighted by Gasteiger charge is 2.28. The third kappa shape index (κ3) is 4.89. The molecule has 1 N–H and O–H groups in total. The smallest absolute Gasteiger partial charge is 0.255 e. The highest BCUT2D eigenvalue weighted by molar-refractivity contribution is 7.99. The van der Waals surface area contributed by atoms with Crippen molar-refractivity contribution in [2.75, 3.05) is 30.4 Å². The number of rotatable bonds is 6. The van der Waals surface area contributed by atoms with Crippen molar-refractivity contribution >= 4 is 44.3 Å². The van der Waals surface area contributed by atoms with E-state index in [0.717, 1.165) is 23.1 Å². The number of sulfonamides is 1. The summed E-state index contributed by atoms with van der Waals surface area (Å²) in [5.41, 5.74) is 5.44. The van der Waals surface area contributed by atoms with Crippen molar-refractivity contribution < 1.29 is 22.0 Å². The molecule has 0 radical (unpaired) electrons. The van der Waals surface area contributed by atoms with Crippen molar-refractivity contribution in [2.24, 2.45) is 0 Å². The molecule has 1 aliphatic heterocycles. The Balaban J connectivity index is 1.58. The molecule has 1 amide bonds. The van der Waals surface area contributed by atoms with Crippen molar-refractivity contribution in [3.05, 3.63) is 107 Å². The number of hydrogen-bond acceptors (Lipinski definition) is 5. The molecule has 1 aliphatic rings. The topological polar surface area (TPSA) is 79.6 Å². The molecule has 0 aliphatic carbocycles. The van der Waals surface area contributed by atoms with Gasteiger partial charge in [-0.15, -0.1) is 11.8 Å². The van der Waals surface area contributed by atoms with Gasteiger partial charge in [-0.1, -0.05) is 42.5 Å². The van der Waals surface area contributed by atoms with Gasteiger partial charge in [-0.05, 0) is 53.1 Å². The maximum absolute atomic E-state index is 13.7. The Bertz CT molecular complexity index is 1920. The van der Waals surface area contributed by atoms with Gasteiger partial charge in [0.05, 0.1) is 17.5 Å². The molecule has 1 unspecified atom stereocenters. The number of nitrogens with one attached hydrogen (secondary N) is 1. The lowest BCUT2D eigenvalue weighted by molar-refractivity contribution is 0.0964. The van der Waals surface area contributed by atoms with Crippen LogP contribution in [-0.4, -0.2) is 40.4 Å². The molecular weight excluding hydrogens is 559 g/mol. The first kappa shape index (κ1) is 27.1. The summed E-state index contributed by atoms with van der Waals surface area (Å²) in [5.74, 6) is 0.622. The molecule has 41 heavy (non-hydrogen) atoms. The maximum atomic E-state index is 13.7. The first-order valence-corrected chi connectivity index (χ1v) is 15.8. The number of thioether (sulfide) groups is 1. The fourth-order valence-corrected chi connectivity index (χ4v) is 7.10. The average Bonchev–Trinajstić information content (AvgIpc) is 3.57. The zero-order valence-corrected chi connectivity index (χ0v) is 24.3. The molecule has 208 valence electrons. The highest BCUT2D eigenvalue weighted by atomic mass is 32.2. The number of fused-ring (bicyclic) bond motifs is 2. The zero-order chi connectivity index (χ0) is 28.9. The minimum Gasteiger partial charge on any atom is -0.455 e. The Labute approximate surface area is 242 Å². The number of nitrogens with zero attached hydrogens (tertiary/aromatic N) is 1. The fourth-order valence-electron chi connectivity index (χ4n) is 5.32. The minimum atomic E-state index is -3.63. The van der Waals surface area contributed by atoms with E-state index in [2.05, 4.69) is 29.6 Å². The number of amides is 1. The van der Waals surface area contributed by atoms with Crippen molar-refractivity contribution in [1.29, 1.82) is 0 Å². The lowest BCUT2D eigenvalue weighted by atomic mass is 9.90. The van der Waals surface area contributed by atoms with Crippen molar-refractivity contribution in [3.8, 4) is 22.5 Å². The van der Waals surface area contributed by atoms with Gasteiger partial charge in [0.25, 0.3) is 5.91 Å². The standard InChI is InChI=1S/C32H27FN2O4S2/c1-34-32(36)30-25-16-24(20-7-6-8-21(15-20)26-18-40-29-10-5-4-9-23(26)29)27(35(2)41(3,37)38)17-28(25)39-31(30)19-11-13-22(33)14-12-19/h4-17,26H,18H2,1-3H3,(H,34,36). The molecule has 4 aromatic carbocycles. The average molecular weight is 587 g/mol. The molecule has 1 aromatic heterocycles. The van der Waals surface area contributed by atoms with Crippen molar-refractivity contribution in [3.63, 3.8) is 0 Å². The van der Waals surface area contributed by atoms with Crippen LogP contribution in [0.1, 0.15) is 27.4 Å². The van der Waals surface area contributed by atoms with Gasteiger partial charge in [-0.25, -0.2) is 12.8 Å². The molecule has 0 spiro atoms. The molecular formula is C32H27FN2O4S2. The molecule has 1 atom stereocenters. The molecule has 0 bridgehead atoms. The number of carbonyl (C=O) groups excluding carboxylic acids is 1. The Morgan fingerprint density at radius 1 is 1.00 bits per heavy atom. The van der Waals surface area contributed by atoms with Crippen LogP contribution < -0.4 is 9.62 Å². The minimum absolute atomic E-state index is 0.205. The summed E-state index contributed by atoms with van der Waals surface area (Å²) in [6.45, 7) is 0. The van der Waals surface area contributed by atoms with Crippen LogP contribution in [0.25, 0.3) is 33.4 Å². The van der Waals surface area contributed by atoms with E-state index < -0.39 is 15.8 Å². The van der Waals surface area contributed by atoms with E-state index in [-0.39, 0.29) is 17.6 Å². The Hall–Kier alpha value is -4.08. The summed E-state index contributed by atoms with van der Waals surface area (Å²) in [4.78, 5) is 14.4. The number of anilines is 1. The second-order valence-corrected chi connectivity index (χ2v) is 13.1. The van der Waals surface area contributed by atoms with Gasteiger partial charge in [-0.3, -0.25) is 9.10 Å². The van der Waals surface area contributed by atoms with Crippen LogP contribution in [0.15, 0.2) is 94.2 Å². The molecule has 6 rings (SSSR count). The van der Waals surface area contributed by atoms with E-state index in [1.54, 1.807) is 18.2 Å². The number of hydrogen-bond donors (Lipinski definition) is 1. The lowest BCUT2D eigenvalue weighted by Crippen LogP contribution is -2.25.